The molecule has 174 valence electrons. The Labute approximate surface area is 193 Å². The van der Waals surface area contributed by atoms with Crippen molar-refractivity contribution in [3.8, 4) is 6.07 Å². The summed E-state index contributed by atoms with van der Waals surface area (Å²) in [6.07, 6.45) is 0. The normalized spacial score (nSPS) is 12.8. The van der Waals surface area contributed by atoms with Gasteiger partial charge in [-0.2, -0.15) is 5.26 Å². The number of hydrogen-bond donors (Lipinski definition) is 2. The molecule has 9 heteroatoms. The quantitative estimate of drug-likeness (QED) is 0.533. The van der Waals surface area contributed by atoms with Gasteiger partial charge in [-0.3, -0.25) is 19.9 Å². The largest absolute Gasteiger partial charge is 0.315 e. The fraction of sp³-hybridized carbons (Fsp3) is 0.375. The number of hydrogen-bond acceptors (Lipinski definition) is 6. The summed E-state index contributed by atoms with van der Waals surface area (Å²) in [5.41, 5.74) is 2.71. The highest BCUT2D eigenvalue weighted by atomic mass is 19.1. The van der Waals surface area contributed by atoms with E-state index in [0.717, 1.165) is 0 Å². The van der Waals surface area contributed by atoms with E-state index in [-0.39, 0.29) is 42.7 Å². The number of rotatable bonds is 10. The Bertz CT molecular complexity index is 1010. The molecular formula is C24H29FN6O2. The van der Waals surface area contributed by atoms with Crippen molar-refractivity contribution < 1.29 is 14.0 Å². The zero-order valence-corrected chi connectivity index (χ0v) is 19.0. The number of nitrogens with zero attached hydrogens (tertiary/aromatic N) is 4. The van der Waals surface area contributed by atoms with E-state index in [2.05, 4.69) is 10.6 Å². The zero-order chi connectivity index (χ0) is 23.8. The summed E-state index contributed by atoms with van der Waals surface area (Å²) in [5.74, 6) is -1.14. The first-order chi connectivity index (χ1) is 15.9. The number of fused-ring (bicyclic) bond motifs is 1. The summed E-state index contributed by atoms with van der Waals surface area (Å²) in [6, 6.07) is 13.9. The molecule has 1 aliphatic heterocycles. The van der Waals surface area contributed by atoms with Crippen LogP contribution in [0.3, 0.4) is 0 Å². The van der Waals surface area contributed by atoms with Crippen molar-refractivity contribution in [2.45, 2.75) is 20.0 Å². The SMILES string of the molecule is CCNCCN(C(=O)CNCC(=O)N(C)N1Cc2ccccc2C1)c1cc(C#N)ccc1F. The molecule has 2 amide bonds. The molecule has 33 heavy (non-hydrogen) atoms. The third-order valence-electron chi connectivity index (χ3n) is 5.59. The summed E-state index contributed by atoms with van der Waals surface area (Å²) >= 11 is 0. The van der Waals surface area contributed by atoms with Crippen molar-refractivity contribution in [1.82, 2.24) is 20.7 Å². The second kappa shape index (κ2) is 11.5. The van der Waals surface area contributed by atoms with Crippen LogP contribution in [0.15, 0.2) is 42.5 Å². The molecule has 0 aliphatic carbocycles. The molecule has 3 rings (SSSR count). The molecule has 1 heterocycles. The highest BCUT2D eigenvalue weighted by Gasteiger charge is 2.25. The van der Waals surface area contributed by atoms with E-state index in [1.54, 1.807) is 12.1 Å². The van der Waals surface area contributed by atoms with Gasteiger partial charge in [0.1, 0.15) is 5.82 Å². The predicted molar refractivity (Wildman–Crippen MR) is 123 cm³/mol. The predicted octanol–water partition coefficient (Wildman–Crippen LogP) is 1.62. The van der Waals surface area contributed by atoms with Gasteiger partial charge in [0, 0.05) is 33.2 Å². The number of likely N-dealkylation sites (N-methyl/N-ethyl adjacent to an activating group) is 2. The maximum absolute atomic E-state index is 14.5. The number of carbonyl (C=O) groups excluding carboxylic acids is 2. The van der Waals surface area contributed by atoms with Gasteiger partial charge in [-0.25, -0.2) is 9.40 Å². The molecule has 0 aromatic heterocycles. The van der Waals surface area contributed by atoms with E-state index in [0.29, 0.717) is 26.2 Å². The molecular weight excluding hydrogens is 423 g/mol. The van der Waals surface area contributed by atoms with Gasteiger partial charge in [0.25, 0.3) is 5.91 Å². The van der Waals surface area contributed by atoms with E-state index in [4.69, 9.17) is 5.26 Å². The second-order valence-electron chi connectivity index (χ2n) is 7.79. The van der Waals surface area contributed by atoms with Gasteiger partial charge in [0.2, 0.25) is 5.91 Å². The van der Waals surface area contributed by atoms with E-state index < -0.39 is 5.82 Å². The van der Waals surface area contributed by atoms with Gasteiger partial charge in [-0.15, -0.1) is 0 Å². The minimum Gasteiger partial charge on any atom is -0.315 e. The van der Waals surface area contributed by atoms with E-state index in [9.17, 15) is 14.0 Å². The number of anilines is 1. The Balaban J connectivity index is 1.57. The Morgan fingerprint density at radius 3 is 2.39 bits per heavy atom. The fourth-order valence-corrected chi connectivity index (χ4v) is 3.71. The number of halogens is 1. The Morgan fingerprint density at radius 2 is 1.76 bits per heavy atom. The van der Waals surface area contributed by atoms with Crippen LogP contribution in [0.4, 0.5) is 10.1 Å². The first-order valence-corrected chi connectivity index (χ1v) is 10.9. The van der Waals surface area contributed by atoms with Crippen molar-refractivity contribution in [2.24, 2.45) is 0 Å². The summed E-state index contributed by atoms with van der Waals surface area (Å²) < 4.78 is 14.5. The van der Waals surface area contributed by atoms with Crippen molar-refractivity contribution in [3.05, 3.63) is 65.0 Å². The minimum atomic E-state index is -0.580. The zero-order valence-electron chi connectivity index (χ0n) is 19.0. The van der Waals surface area contributed by atoms with Gasteiger partial charge in [-0.05, 0) is 35.9 Å². The molecule has 0 fully saturated rings. The van der Waals surface area contributed by atoms with Crippen molar-refractivity contribution in [3.63, 3.8) is 0 Å². The van der Waals surface area contributed by atoms with Gasteiger partial charge in [0.15, 0.2) is 0 Å². The Hall–Kier alpha value is -3.32. The van der Waals surface area contributed by atoms with Crippen LogP contribution >= 0.6 is 0 Å². The summed E-state index contributed by atoms with van der Waals surface area (Å²) in [5, 5.41) is 18.6. The van der Waals surface area contributed by atoms with Gasteiger partial charge < -0.3 is 10.2 Å². The molecule has 0 saturated carbocycles. The molecule has 8 nitrogen and oxygen atoms in total. The minimum absolute atomic E-state index is 0.0309. The number of hydrazine groups is 1. The molecule has 0 bridgehead atoms. The lowest BCUT2D eigenvalue weighted by Gasteiger charge is -2.28. The van der Waals surface area contributed by atoms with Crippen LogP contribution in [0.1, 0.15) is 23.6 Å². The van der Waals surface area contributed by atoms with Crippen LogP contribution in [0.2, 0.25) is 0 Å². The van der Waals surface area contributed by atoms with Crippen LogP contribution in [0.25, 0.3) is 0 Å². The van der Waals surface area contributed by atoms with Crippen LogP contribution < -0.4 is 15.5 Å². The molecule has 0 atom stereocenters. The smallest absolute Gasteiger partial charge is 0.250 e. The summed E-state index contributed by atoms with van der Waals surface area (Å²) in [6.45, 7) is 4.50. The molecule has 2 aromatic rings. The topological polar surface area (TPSA) is 91.7 Å². The highest BCUT2D eigenvalue weighted by molar-refractivity contribution is 5.95. The number of benzene rings is 2. The molecule has 0 radical (unpaired) electrons. The van der Waals surface area contributed by atoms with E-state index >= 15 is 0 Å². The average Bonchev–Trinajstić information content (AvgIpc) is 3.26. The molecule has 2 aromatic carbocycles. The maximum Gasteiger partial charge on any atom is 0.250 e. The first kappa shape index (κ1) is 24.3. The van der Waals surface area contributed by atoms with Crippen molar-refractivity contribution in [1.29, 1.82) is 5.26 Å². The van der Waals surface area contributed by atoms with Crippen molar-refractivity contribution in [2.75, 3.05) is 44.7 Å². The second-order valence-corrected chi connectivity index (χ2v) is 7.79. The number of nitriles is 1. The van der Waals surface area contributed by atoms with Crippen LogP contribution in [0, 0.1) is 17.1 Å². The molecule has 0 unspecified atom stereocenters. The lowest BCUT2D eigenvalue weighted by atomic mass is 10.1. The monoisotopic (exact) mass is 452 g/mol. The molecule has 0 saturated heterocycles. The third-order valence-corrected chi connectivity index (χ3v) is 5.59. The first-order valence-electron chi connectivity index (χ1n) is 10.9. The summed E-state index contributed by atoms with van der Waals surface area (Å²) in [4.78, 5) is 26.8. The van der Waals surface area contributed by atoms with Crippen LogP contribution in [-0.2, 0) is 22.7 Å². The van der Waals surface area contributed by atoms with E-state index in [1.165, 1.54) is 34.2 Å². The summed E-state index contributed by atoms with van der Waals surface area (Å²) in [7, 11) is 1.71. The van der Waals surface area contributed by atoms with Gasteiger partial charge >= 0.3 is 0 Å². The van der Waals surface area contributed by atoms with Gasteiger partial charge in [-0.1, -0.05) is 31.2 Å². The Morgan fingerprint density at radius 1 is 1.09 bits per heavy atom. The maximum atomic E-state index is 14.5. The number of nitrogens with one attached hydrogen (secondary N) is 2. The number of amides is 2. The average molecular weight is 453 g/mol. The lowest BCUT2D eigenvalue weighted by Crippen LogP contribution is -2.47. The Kier molecular flexibility index (Phi) is 8.49. The third kappa shape index (κ3) is 6.14. The standard InChI is InChI=1S/C24H29FN6O2/c1-3-27-10-11-31(22-12-18(13-26)8-9-21(22)25)24(33)15-28-14-23(32)29(2)30-16-19-6-4-5-7-20(19)17-30/h4-9,12,27-28H,3,10-11,14-17H2,1-2H3. The highest BCUT2D eigenvalue weighted by Crippen LogP contribution is 2.23. The van der Waals surface area contributed by atoms with E-state index in [1.807, 2.05) is 42.3 Å². The van der Waals surface area contributed by atoms with Crippen LogP contribution in [0.5, 0.6) is 0 Å². The fourth-order valence-electron chi connectivity index (χ4n) is 3.71. The molecule has 1 aliphatic rings. The van der Waals surface area contributed by atoms with Crippen molar-refractivity contribution >= 4 is 17.5 Å². The molecule has 0 spiro atoms. The molecule has 2 N–H and O–H groups in total. The lowest BCUT2D eigenvalue weighted by molar-refractivity contribution is -0.145. The van der Waals surface area contributed by atoms with Gasteiger partial charge in [0.05, 0.1) is 30.4 Å². The number of carbonyl (C=O) groups is 2. The van der Waals surface area contributed by atoms with Crippen LogP contribution in [-0.4, -0.2) is 61.6 Å².